The molecule has 1 aromatic carbocycles. The molecule has 96 valence electrons. The molecule has 0 aliphatic heterocycles. The first-order valence-electron chi connectivity index (χ1n) is 6.10. The molecule has 0 aliphatic rings. The molecule has 0 spiro atoms. The predicted octanol–water partition coefficient (Wildman–Crippen LogP) is 3.11. The van der Waals surface area contributed by atoms with E-state index < -0.39 is 0 Å². The molecule has 0 atom stereocenters. The second-order valence-corrected chi connectivity index (χ2v) is 4.99. The number of hydrogen-bond donors (Lipinski definition) is 1. The molecule has 1 N–H and O–H groups in total. The molecule has 2 rings (SSSR count). The normalized spacial score (nSPS) is 9.74. The third kappa shape index (κ3) is 4.78. The lowest BCUT2D eigenvalue weighted by atomic mass is 10.1. The number of hydrogen-bond acceptors (Lipinski definition) is 3. The Hall–Kier alpha value is -1.76. The van der Waals surface area contributed by atoms with E-state index in [-0.39, 0.29) is 6.61 Å². The SMILES string of the molecule is OCCC#Cc1ccc(CSc2ccncc2)cc1. The van der Waals surface area contributed by atoms with Gasteiger partial charge in [0, 0.05) is 35.0 Å². The number of rotatable bonds is 4. The zero-order valence-corrected chi connectivity index (χ0v) is 11.4. The van der Waals surface area contributed by atoms with Gasteiger partial charge in [0.1, 0.15) is 0 Å². The molecule has 1 aromatic heterocycles. The van der Waals surface area contributed by atoms with Gasteiger partial charge in [0.15, 0.2) is 0 Å². The maximum absolute atomic E-state index is 8.66. The van der Waals surface area contributed by atoms with E-state index in [1.165, 1.54) is 10.5 Å². The Kier molecular flexibility index (Phi) is 5.49. The molecule has 19 heavy (non-hydrogen) atoms. The molecular formula is C16H15NOS. The van der Waals surface area contributed by atoms with Gasteiger partial charge in [-0.25, -0.2) is 0 Å². The van der Waals surface area contributed by atoms with Gasteiger partial charge in [-0.3, -0.25) is 4.98 Å². The van der Waals surface area contributed by atoms with Gasteiger partial charge >= 0.3 is 0 Å². The monoisotopic (exact) mass is 269 g/mol. The third-order valence-electron chi connectivity index (χ3n) is 2.48. The zero-order chi connectivity index (χ0) is 13.3. The molecule has 0 unspecified atom stereocenters. The number of pyridine rings is 1. The van der Waals surface area contributed by atoms with Crippen molar-refractivity contribution in [3.8, 4) is 11.8 Å². The summed E-state index contributed by atoms with van der Waals surface area (Å²) in [5.74, 6) is 6.88. The molecule has 3 heteroatoms. The Morgan fingerprint density at radius 1 is 1.05 bits per heavy atom. The Balaban J connectivity index is 1.91. The maximum Gasteiger partial charge on any atom is 0.0540 e. The lowest BCUT2D eigenvalue weighted by Crippen LogP contribution is -1.82. The summed E-state index contributed by atoms with van der Waals surface area (Å²) < 4.78 is 0. The summed E-state index contributed by atoms with van der Waals surface area (Å²) >= 11 is 1.79. The summed E-state index contributed by atoms with van der Waals surface area (Å²) in [6, 6.07) is 12.3. The van der Waals surface area contributed by atoms with Crippen molar-refractivity contribution < 1.29 is 5.11 Å². The van der Waals surface area contributed by atoms with Crippen molar-refractivity contribution in [2.45, 2.75) is 17.1 Å². The van der Waals surface area contributed by atoms with Crippen molar-refractivity contribution in [1.82, 2.24) is 4.98 Å². The lowest BCUT2D eigenvalue weighted by molar-refractivity contribution is 0.305. The van der Waals surface area contributed by atoms with Crippen LogP contribution in [0.25, 0.3) is 0 Å². The van der Waals surface area contributed by atoms with Gasteiger partial charge in [-0.15, -0.1) is 11.8 Å². The van der Waals surface area contributed by atoms with Crippen LogP contribution in [0.2, 0.25) is 0 Å². The smallest absolute Gasteiger partial charge is 0.0540 e. The van der Waals surface area contributed by atoms with Crippen molar-refractivity contribution in [2.24, 2.45) is 0 Å². The average Bonchev–Trinajstić information content (AvgIpc) is 2.48. The van der Waals surface area contributed by atoms with E-state index in [0.717, 1.165) is 11.3 Å². The Bertz CT molecular complexity index is 555. The summed E-state index contributed by atoms with van der Waals surface area (Å²) in [7, 11) is 0. The first kappa shape index (κ1) is 13.7. The van der Waals surface area contributed by atoms with Crippen molar-refractivity contribution in [1.29, 1.82) is 0 Å². The van der Waals surface area contributed by atoms with Crippen LogP contribution < -0.4 is 0 Å². The van der Waals surface area contributed by atoms with Crippen LogP contribution in [0.15, 0.2) is 53.7 Å². The molecule has 1 heterocycles. The average molecular weight is 269 g/mol. The highest BCUT2D eigenvalue weighted by molar-refractivity contribution is 7.98. The van der Waals surface area contributed by atoms with E-state index in [2.05, 4.69) is 29.0 Å². The van der Waals surface area contributed by atoms with Crippen LogP contribution in [0.1, 0.15) is 17.5 Å². The third-order valence-corrected chi connectivity index (χ3v) is 3.56. The highest BCUT2D eigenvalue weighted by Gasteiger charge is 1.96. The molecule has 0 saturated carbocycles. The van der Waals surface area contributed by atoms with E-state index in [1.807, 2.05) is 36.7 Å². The van der Waals surface area contributed by atoms with E-state index >= 15 is 0 Å². The predicted molar refractivity (Wildman–Crippen MR) is 78.8 cm³/mol. The van der Waals surface area contributed by atoms with Crippen LogP contribution >= 0.6 is 11.8 Å². The summed E-state index contributed by atoms with van der Waals surface area (Å²) in [4.78, 5) is 5.23. The van der Waals surface area contributed by atoms with Gasteiger partial charge in [0.2, 0.25) is 0 Å². The Morgan fingerprint density at radius 2 is 1.79 bits per heavy atom. The first-order valence-corrected chi connectivity index (χ1v) is 7.08. The van der Waals surface area contributed by atoms with Crippen LogP contribution in [0, 0.1) is 11.8 Å². The molecule has 0 radical (unpaired) electrons. The number of nitrogens with zero attached hydrogens (tertiary/aromatic N) is 1. The molecule has 0 bridgehead atoms. The fourth-order valence-electron chi connectivity index (χ4n) is 1.51. The first-order chi connectivity index (χ1) is 9.38. The quantitative estimate of drug-likeness (QED) is 0.684. The summed E-state index contributed by atoms with van der Waals surface area (Å²) in [6.45, 7) is 0.119. The number of aromatic nitrogens is 1. The van der Waals surface area contributed by atoms with Crippen molar-refractivity contribution in [3.05, 3.63) is 59.9 Å². The molecule has 0 amide bonds. The number of aliphatic hydroxyl groups is 1. The van der Waals surface area contributed by atoms with E-state index in [0.29, 0.717) is 6.42 Å². The van der Waals surface area contributed by atoms with E-state index in [9.17, 15) is 0 Å². The van der Waals surface area contributed by atoms with Gasteiger partial charge in [-0.05, 0) is 29.8 Å². The topological polar surface area (TPSA) is 33.1 Å². The lowest BCUT2D eigenvalue weighted by Gasteiger charge is -2.01. The number of thioether (sulfide) groups is 1. The minimum atomic E-state index is 0.119. The fraction of sp³-hybridized carbons (Fsp3) is 0.188. The molecular weight excluding hydrogens is 254 g/mol. The second-order valence-electron chi connectivity index (χ2n) is 3.94. The second kappa shape index (κ2) is 7.63. The van der Waals surface area contributed by atoms with E-state index in [1.54, 1.807) is 11.8 Å². The van der Waals surface area contributed by atoms with Crippen molar-refractivity contribution >= 4 is 11.8 Å². The Morgan fingerprint density at radius 3 is 2.47 bits per heavy atom. The van der Waals surface area contributed by atoms with Crippen LogP contribution in [0.4, 0.5) is 0 Å². The molecule has 0 fully saturated rings. The Labute approximate surface area is 117 Å². The zero-order valence-electron chi connectivity index (χ0n) is 10.5. The van der Waals surface area contributed by atoms with Crippen LogP contribution in [-0.2, 0) is 5.75 Å². The van der Waals surface area contributed by atoms with Gasteiger partial charge in [-0.1, -0.05) is 24.0 Å². The van der Waals surface area contributed by atoms with Gasteiger partial charge in [0.05, 0.1) is 6.61 Å². The number of aliphatic hydroxyl groups excluding tert-OH is 1. The fourth-order valence-corrected chi connectivity index (χ4v) is 2.35. The largest absolute Gasteiger partial charge is 0.395 e. The van der Waals surface area contributed by atoms with Crippen LogP contribution in [0.3, 0.4) is 0 Å². The van der Waals surface area contributed by atoms with Crippen LogP contribution in [0.5, 0.6) is 0 Å². The molecule has 0 aliphatic carbocycles. The highest BCUT2D eigenvalue weighted by Crippen LogP contribution is 2.21. The maximum atomic E-state index is 8.66. The molecule has 0 saturated heterocycles. The van der Waals surface area contributed by atoms with Crippen molar-refractivity contribution in [3.63, 3.8) is 0 Å². The molecule has 2 nitrogen and oxygen atoms in total. The van der Waals surface area contributed by atoms with Crippen LogP contribution in [-0.4, -0.2) is 16.7 Å². The van der Waals surface area contributed by atoms with Gasteiger partial charge in [0.25, 0.3) is 0 Å². The minimum Gasteiger partial charge on any atom is -0.395 e. The van der Waals surface area contributed by atoms with Gasteiger partial charge < -0.3 is 5.11 Å². The highest BCUT2D eigenvalue weighted by atomic mass is 32.2. The summed E-state index contributed by atoms with van der Waals surface area (Å²) in [6.07, 6.45) is 4.14. The molecule has 2 aromatic rings. The number of benzene rings is 1. The summed E-state index contributed by atoms with van der Waals surface area (Å²) in [5, 5.41) is 8.66. The van der Waals surface area contributed by atoms with E-state index in [4.69, 9.17) is 5.11 Å². The minimum absolute atomic E-state index is 0.119. The van der Waals surface area contributed by atoms with Crippen molar-refractivity contribution in [2.75, 3.05) is 6.61 Å². The van der Waals surface area contributed by atoms with Gasteiger partial charge in [-0.2, -0.15) is 0 Å². The standard InChI is InChI=1S/C16H15NOS/c18-12-2-1-3-14-4-6-15(7-5-14)13-19-16-8-10-17-11-9-16/h4-11,18H,2,12-13H2. The summed E-state index contributed by atoms with van der Waals surface area (Å²) in [5.41, 5.74) is 2.26.